The number of rotatable bonds is 3. The molecule has 1 amide bonds. The van der Waals surface area contributed by atoms with E-state index in [1.807, 2.05) is 0 Å². The minimum atomic E-state index is -0.419. The Balaban J connectivity index is 1.88. The molecular formula is C20H14ClFN4O2. The Hall–Kier alpha value is -3.45. The normalized spacial score (nSPS) is 11.0. The summed E-state index contributed by atoms with van der Waals surface area (Å²) in [5.74, 6) is -0.600. The zero-order valence-corrected chi connectivity index (χ0v) is 15.4. The van der Waals surface area contributed by atoms with Crippen molar-refractivity contribution in [3.63, 3.8) is 0 Å². The SMILES string of the molecule is CN(C(=O)c1c(-c2ccc(F)cc2)nc2ncccn12)c1ccc(Cl)cc1O. The minimum absolute atomic E-state index is 0.126. The van der Waals surface area contributed by atoms with Gasteiger partial charge in [0.25, 0.3) is 5.91 Å². The van der Waals surface area contributed by atoms with Crippen molar-refractivity contribution in [2.75, 3.05) is 11.9 Å². The van der Waals surface area contributed by atoms with Gasteiger partial charge in [0.1, 0.15) is 23.0 Å². The van der Waals surface area contributed by atoms with Gasteiger partial charge in [0.05, 0.1) is 5.69 Å². The van der Waals surface area contributed by atoms with E-state index in [2.05, 4.69) is 9.97 Å². The minimum Gasteiger partial charge on any atom is -0.506 e. The zero-order chi connectivity index (χ0) is 19.8. The number of anilines is 1. The number of nitrogens with zero attached hydrogens (tertiary/aromatic N) is 4. The summed E-state index contributed by atoms with van der Waals surface area (Å²) in [5, 5.41) is 10.5. The van der Waals surface area contributed by atoms with Crippen LogP contribution in [0.3, 0.4) is 0 Å². The highest BCUT2D eigenvalue weighted by molar-refractivity contribution is 6.30. The number of hydrogen-bond acceptors (Lipinski definition) is 4. The maximum atomic E-state index is 13.3. The Morgan fingerprint density at radius 2 is 1.96 bits per heavy atom. The molecule has 0 aliphatic rings. The fraction of sp³-hybridized carbons (Fsp3) is 0.0500. The third kappa shape index (κ3) is 3.05. The van der Waals surface area contributed by atoms with Gasteiger partial charge in [0.15, 0.2) is 0 Å². The average Bonchev–Trinajstić information content (AvgIpc) is 3.07. The number of phenolic OH excluding ortho intramolecular Hbond substituents is 1. The highest BCUT2D eigenvalue weighted by Gasteiger charge is 2.26. The standard InChI is InChI=1S/C20H14ClFN4O2/c1-25(15-8-5-13(21)11-16(15)27)19(28)18-17(12-3-6-14(22)7-4-12)24-20-23-9-2-10-26(18)20/h2-11,27H,1H3. The van der Waals surface area contributed by atoms with Crippen LogP contribution in [-0.4, -0.2) is 32.4 Å². The fourth-order valence-corrected chi connectivity index (χ4v) is 3.12. The van der Waals surface area contributed by atoms with Gasteiger partial charge in [-0.05, 0) is 42.5 Å². The van der Waals surface area contributed by atoms with Gasteiger partial charge in [-0.2, -0.15) is 0 Å². The second-order valence-electron chi connectivity index (χ2n) is 6.10. The molecule has 0 saturated heterocycles. The molecule has 6 nitrogen and oxygen atoms in total. The third-order valence-corrected chi connectivity index (χ3v) is 4.56. The van der Waals surface area contributed by atoms with Crippen molar-refractivity contribution in [3.8, 4) is 17.0 Å². The highest BCUT2D eigenvalue weighted by atomic mass is 35.5. The lowest BCUT2D eigenvalue weighted by molar-refractivity contribution is 0.0987. The molecule has 2 aromatic carbocycles. The second kappa shape index (κ2) is 6.94. The quantitative estimate of drug-likeness (QED) is 0.564. The zero-order valence-electron chi connectivity index (χ0n) is 14.7. The fourth-order valence-electron chi connectivity index (χ4n) is 2.95. The van der Waals surface area contributed by atoms with E-state index in [1.165, 1.54) is 30.1 Å². The number of fused-ring (bicyclic) bond motifs is 1. The summed E-state index contributed by atoms with van der Waals surface area (Å²) in [4.78, 5) is 23.3. The highest BCUT2D eigenvalue weighted by Crippen LogP contribution is 2.32. The Bertz CT molecular complexity index is 1190. The van der Waals surface area contributed by atoms with E-state index < -0.39 is 5.91 Å². The van der Waals surface area contributed by atoms with E-state index >= 15 is 0 Å². The Labute approximate surface area is 164 Å². The van der Waals surface area contributed by atoms with E-state index in [0.717, 1.165) is 0 Å². The summed E-state index contributed by atoms with van der Waals surface area (Å²) in [6.07, 6.45) is 3.24. The van der Waals surface area contributed by atoms with Crippen molar-refractivity contribution in [2.45, 2.75) is 0 Å². The molecule has 0 saturated carbocycles. The van der Waals surface area contributed by atoms with E-state index in [4.69, 9.17) is 11.6 Å². The molecule has 4 aromatic rings. The first-order valence-electron chi connectivity index (χ1n) is 8.31. The first-order chi connectivity index (χ1) is 13.5. The molecule has 0 fully saturated rings. The van der Waals surface area contributed by atoms with Crippen LogP contribution >= 0.6 is 11.6 Å². The smallest absolute Gasteiger partial charge is 0.277 e. The molecule has 0 aliphatic carbocycles. The van der Waals surface area contributed by atoms with Crippen molar-refractivity contribution in [2.24, 2.45) is 0 Å². The van der Waals surface area contributed by atoms with Crippen LogP contribution in [0, 0.1) is 5.82 Å². The lowest BCUT2D eigenvalue weighted by Gasteiger charge is -2.19. The van der Waals surface area contributed by atoms with Gasteiger partial charge in [0, 0.05) is 36.1 Å². The Morgan fingerprint density at radius 3 is 2.68 bits per heavy atom. The molecule has 140 valence electrons. The predicted octanol–water partition coefficient (Wildman–Crippen LogP) is 4.17. The van der Waals surface area contributed by atoms with Crippen LogP contribution in [0.1, 0.15) is 10.5 Å². The molecule has 28 heavy (non-hydrogen) atoms. The summed E-state index contributed by atoms with van der Waals surface area (Å²) in [6.45, 7) is 0. The van der Waals surface area contributed by atoms with Gasteiger partial charge in [-0.3, -0.25) is 9.20 Å². The molecule has 8 heteroatoms. The molecule has 0 unspecified atom stereocenters. The number of imidazole rings is 1. The van der Waals surface area contributed by atoms with Crippen molar-refractivity contribution in [3.05, 3.63) is 77.5 Å². The molecule has 4 rings (SSSR count). The first-order valence-corrected chi connectivity index (χ1v) is 8.69. The molecule has 0 spiro atoms. The number of carbonyl (C=O) groups is 1. The summed E-state index contributed by atoms with van der Waals surface area (Å²) in [7, 11) is 1.54. The van der Waals surface area contributed by atoms with Crippen LogP contribution in [0.4, 0.5) is 10.1 Å². The second-order valence-corrected chi connectivity index (χ2v) is 6.54. The van der Waals surface area contributed by atoms with Crippen molar-refractivity contribution in [1.82, 2.24) is 14.4 Å². The monoisotopic (exact) mass is 396 g/mol. The van der Waals surface area contributed by atoms with Crippen molar-refractivity contribution in [1.29, 1.82) is 0 Å². The van der Waals surface area contributed by atoms with Crippen molar-refractivity contribution < 1.29 is 14.3 Å². The van der Waals surface area contributed by atoms with Crippen LogP contribution in [0.15, 0.2) is 60.9 Å². The van der Waals surface area contributed by atoms with Gasteiger partial charge in [0.2, 0.25) is 5.78 Å². The number of halogens is 2. The maximum absolute atomic E-state index is 13.3. The topological polar surface area (TPSA) is 70.7 Å². The molecule has 2 aromatic heterocycles. The Morgan fingerprint density at radius 1 is 1.21 bits per heavy atom. The lowest BCUT2D eigenvalue weighted by Crippen LogP contribution is -2.28. The van der Waals surface area contributed by atoms with Crippen LogP contribution in [-0.2, 0) is 0 Å². The largest absolute Gasteiger partial charge is 0.506 e. The summed E-state index contributed by atoms with van der Waals surface area (Å²) in [6, 6.07) is 11.9. The molecule has 0 atom stereocenters. The van der Waals surface area contributed by atoms with E-state index in [-0.39, 0.29) is 17.3 Å². The molecule has 0 aliphatic heterocycles. The van der Waals surface area contributed by atoms with E-state index in [0.29, 0.717) is 27.7 Å². The third-order valence-electron chi connectivity index (χ3n) is 4.33. The number of phenols is 1. The molecule has 1 N–H and O–H groups in total. The molecule has 0 radical (unpaired) electrons. The van der Waals surface area contributed by atoms with E-state index in [1.54, 1.807) is 47.1 Å². The molecule has 0 bridgehead atoms. The van der Waals surface area contributed by atoms with Gasteiger partial charge in [-0.1, -0.05) is 11.6 Å². The van der Waals surface area contributed by atoms with Crippen LogP contribution in [0.2, 0.25) is 5.02 Å². The Kier molecular flexibility index (Phi) is 4.44. The number of benzene rings is 2. The number of hydrogen-bond donors (Lipinski definition) is 1. The van der Waals surface area contributed by atoms with E-state index in [9.17, 15) is 14.3 Å². The molecule has 2 heterocycles. The van der Waals surface area contributed by atoms with Gasteiger partial charge < -0.3 is 10.0 Å². The van der Waals surface area contributed by atoms with Gasteiger partial charge >= 0.3 is 0 Å². The number of amides is 1. The summed E-state index contributed by atoms with van der Waals surface area (Å²) in [5.41, 5.74) is 1.47. The summed E-state index contributed by atoms with van der Waals surface area (Å²) < 4.78 is 14.9. The maximum Gasteiger partial charge on any atom is 0.277 e. The number of carbonyl (C=O) groups excluding carboxylic acids is 1. The average molecular weight is 397 g/mol. The number of aromatic nitrogens is 3. The summed E-state index contributed by atoms with van der Waals surface area (Å²) >= 11 is 5.88. The van der Waals surface area contributed by atoms with Crippen LogP contribution in [0.25, 0.3) is 17.0 Å². The predicted molar refractivity (Wildman–Crippen MR) is 104 cm³/mol. The first kappa shape index (κ1) is 17.9. The lowest BCUT2D eigenvalue weighted by atomic mass is 10.1. The number of aromatic hydroxyl groups is 1. The van der Waals surface area contributed by atoms with Gasteiger partial charge in [-0.15, -0.1) is 0 Å². The van der Waals surface area contributed by atoms with Crippen molar-refractivity contribution >= 4 is 29.0 Å². The van der Waals surface area contributed by atoms with Gasteiger partial charge in [-0.25, -0.2) is 14.4 Å². The van der Waals surface area contributed by atoms with Crippen LogP contribution in [0.5, 0.6) is 5.75 Å². The van der Waals surface area contributed by atoms with Crippen LogP contribution < -0.4 is 4.90 Å². The molecular weight excluding hydrogens is 383 g/mol.